The van der Waals surface area contributed by atoms with E-state index in [1.54, 1.807) is 20.2 Å². The molecule has 16 heavy (non-hydrogen) atoms. The van der Waals surface area contributed by atoms with Gasteiger partial charge in [-0.3, -0.25) is 4.79 Å². The van der Waals surface area contributed by atoms with Gasteiger partial charge in [-0.1, -0.05) is 0 Å². The first-order valence-corrected chi connectivity index (χ1v) is 4.71. The number of anilines is 1. The van der Waals surface area contributed by atoms with Gasteiger partial charge in [0.25, 0.3) is 5.91 Å². The van der Waals surface area contributed by atoms with E-state index in [1.807, 2.05) is 6.92 Å². The predicted molar refractivity (Wildman–Crippen MR) is 57.9 cm³/mol. The number of amides is 1. The molecule has 0 aromatic carbocycles. The van der Waals surface area contributed by atoms with Crippen molar-refractivity contribution < 1.29 is 4.79 Å². The summed E-state index contributed by atoms with van der Waals surface area (Å²) in [4.78, 5) is 13.2. The summed E-state index contributed by atoms with van der Waals surface area (Å²) in [7, 11) is 3.33. The quantitative estimate of drug-likeness (QED) is 0.713. The second-order valence-electron chi connectivity index (χ2n) is 3.71. The molecule has 84 valence electrons. The summed E-state index contributed by atoms with van der Waals surface area (Å²) in [5.74, 6) is -0.00962. The van der Waals surface area contributed by atoms with Crippen molar-refractivity contribution in [1.82, 2.24) is 24.7 Å². The van der Waals surface area contributed by atoms with Crippen LogP contribution in [-0.4, -0.2) is 44.7 Å². The number of carbonyl (C=O) groups excluding carboxylic acids is 1. The van der Waals surface area contributed by atoms with E-state index in [-0.39, 0.29) is 11.9 Å². The molecular weight excluding hydrogens is 208 g/mol. The van der Waals surface area contributed by atoms with Crippen molar-refractivity contribution in [2.24, 2.45) is 0 Å². The molecule has 0 aliphatic rings. The second-order valence-corrected chi connectivity index (χ2v) is 3.71. The van der Waals surface area contributed by atoms with Crippen LogP contribution >= 0.6 is 0 Å². The van der Waals surface area contributed by atoms with Gasteiger partial charge in [0.1, 0.15) is 5.69 Å². The zero-order chi connectivity index (χ0) is 11.9. The van der Waals surface area contributed by atoms with Gasteiger partial charge in [-0.15, -0.1) is 10.2 Å². The van der Waals surface area contributed by atoms with Gasteiger partial charge in [0.05, 0.1) is 0 Å². The van der Waals surface area contributed by atoms with Crippen molar-refractivity contribution in [3.63, 3.8) is 0 Å². The van der Waals surface area contributed by atoms with Crippen molar-refractivity contribution in [3.8, 4) is 0 Å². The fourth-order valence-corrected chi connectivity index (χ4v) is 1.38. The Morgan fingerprint density at radius 3 is 2.75 bits per heavy atom. The summed E-state index contributed by atoms with van der Waals surface area (Å²) < 4.78 is 1.37. The first kappa shape index (κ1) is 10.3. The molecule has 0 atom stereocenters. The smallest absolute Gasteiger partial charge is 0.273 e. The lowest BCUT2D eigenvalue weighted by Gasteiger charge is -2.10. The minimum absolute atomic E-state index is 0.173. The number of nitrogens with two attached hydrogens (primary N) is 1. The lowest BCUT2D eigenvalue weighted by molar-refractivity contribution is 0.0820. The first-order chi connectivity index (χ1) is 7.50. The van der Waals surface area contributed by atoms with Crippen LogP contribution in [0.2, 0.25) is 0 Å². The predicted octanol–water partition coefficient (Wildman–Crippen LogP) is -0.283. The third kappa shape index (κ3) is 1.46. The topological polar surface area (TPSA) is 89.4 Å². The van der Waals surface area contributed by atoms with Crippen molar-refractivity contribution in [3.05, 3.63) is 17.3 Å². The van der Waals surface area contributed by atoms with Crippen molar-refractivity contribution in [1.29, 1.82) is 0 Å². The van der Waals surface area contributed by atoms with E-state index < -0.39 is 0 Å². The molecule has 1 amide bonds. The summed E-state index contributed by atoms with van der Waals surface area (Å²) in [6.07, 6.45) is 0. The van der Waals surface area contributed by atoms with Crippen LogP contribution in [0.25, 0.3) is 5.65 Å². The average molecular weight is 220 g/mol. The molecule has 0 radical (unpaired) electrons. The summed E-state index contributed by atoms with van der Waals surface area (Å²) in [6.45, 7) is 1.83. The van der Waals surface area contributed by atoms with Crippen LogP contribution in [0.1, 0.15) is 16.1 Å². The lowest BCUT2D eigenvalue weighted by atomic mass is 10.2. The molecule has 0 saturated heterocycles. The van der Waals surface area contributed by atoms with Gasteiger partial charge in [0.15, 0.2) is 5.65 Å². The number of rotatable bonds is 1. The fraction of sp³-hybridized carbons (Fsp3) is 0.333. The summed E-state index contributed by atoms with van der Waals surface area (Å²) in [5, 5.41) is 11.7. The molecule has 0 aliphatic carbocycles. The molecule has 2 N–H and O–H groups in total. The van der Waals surface area contributed by atoms with E-state index in [9.17, 15) is 4.79 Å². The third-order valence-electron chi connectivity index (χ3n) is 2.20. The highest BCUT2D eigenvalue weighted by Crippen LogP contribution is 2.11. The van der Waals surface area contributed by atoms with Crippen LogP contribution in [0.15, 0.2) is 6.07 Å². The zero-order valence-electron chi connectivity index (χ0n) is 9.30. The molecule has 0 fully saturated rings. The van der Waals surface area contributed by atoms with Gasteiger partial charge in [-0.2, -0.15) is 9.61 Å². The van der Waals surface area contributed by atoms with E-state index in [1.165, 1.54) is 9.42 Å². The summed E-state index contributed by atoms with van der Waals surface area (Å²) in [6, 6.07) is 1.67. The summed E-state index contributed by atoms with van der Waals surface area (Å²) >= 11 is 0. The van der Waals surface area contributed by atoms with E-state index in [2.05, 4.69) is 15.3 Å². The largest absolute Gasteiger partial charge is 0.366 e. The van der Waals surface area contributed by atoms with Gasteiger partial charge < -0.3 is 10.6 Å². The Bertz CT molecular complexity index is 558. The SMILES string of the molecule is Cc1cc(C(=O)N(C)C)nn2c(N)nnc12. The zero-order valence-corrected chi connectivity index (χ0v) is 9.30. The molecule has 2 rings (SSSR count). The number of hydrogen-bond donors (Lipinski definition) is 1. The van der Waals surface area contributed by atoms with Gasteiger partial charge >= 0.3 is 0 Å². The maximum absolute atomic E-state index is 11.7. The number of nitrogens with zero attached hydrogens (tertiary/aromatic N) is 5. The normalized spacial score (nSPS) is 10.7. The Morgan fingerprint density at radius 1 is 1.44 bits per heavy atom. The molecule has 0 unspecified atom stereocenters. The number of carbonyl (C=O) groups is 1. The van der Waals surface area contributed by atoms with E-state index in [4.69, 9.17) is 5.73 Å². The molecular formula is C9H12N6O. The highest BCUT2D eigenvalue weighted by molar-refractivity contribution is 5.92. The highest BCUT2D eigenvalue weighted by Gasteiger charge is 2.14. The highest BCUT2D eigenvalue weighted by atomic mass is 16.2. The second kappa shape index (κ2) is 3.44. The maximum Gasteiger partial charge on any atom is 0.273 e. The van der Waals surface area contributed by atoms with E-state index >= 15 is 0 Å². The molecule has 2 heterocycles. The van der Waals surface area contributed by atoms with Crippen LogP contribution in [0, 0.1) is 6.92 Å². The Labute approximate surface area is 91.9 Å². The van der Waals surface area contributed by atoms with E-state index in [0.717, 1.165) is 5.56 Å². The van der Waals surface area contributed by atoms with Crippen LogP contribution in [0.5, 0.6) is 0 Å². The fourth-order valence-electron chi connectivity index (χ4n) is 1.38. The molecule has 0 bridgehead atoms. The number of aryl methyl sites for hydroxylation is 1. The molecule has 0 saturated carbocycles. The molecule has 0 aliphatic heterocycles. The van der Waals surface area contributed by atoms with Gasteiger partial charge in [0.2, 0.25) is 5.95 Å². The van der Waals surface area contributed by atoms with Crippen LogP contribution < -0.4 is 5.73 Å². The standard InChI is InChI=1S/C9H12N6O/c1-5-4-6(8(16)14(2)3)13-15-7(5)11-12-9(15)10/h4H,1-3H3,(H2,10,12). The van der Waals surface area contributed by atoms with Crippen molar-refractivity contribution in [2.75, 3.05) is 19.8 Å². The molecule has 7 nitrogen and oxygen atoms in total. The first-order valence-electron chi connectivity index (χ1n) is 4.71. The molecule has 7 heteroatoms. The lowest BCUT2D eigenvalue weighted by Crippen LogP contribution is -2.24. The Kier molecular flexibility index (Phi) is 2.22. The number of nitrogen functional groups attached to an aromatic ring is 1. The summed E-state index contributed by atoms with van der Waals surface area (Å²) in [5.41, 5.74) is 7.29. The molecule has 0 spiro atoms. The van der Waals surface area contributed by atoms with Crippen molar-refractivity contribution in [2.45, 2.75) is 6.92 Å². The molecule has 2 aromatic heterocycles. The Balaban J connectivity index is 2.65. The third-order valence-corrected chi connectivity index (χ3v) is 2.20. The minimum Gasteiger partial charge on any atom is -0.366 e. The average Bonchev–Trinajstić information content (AvgIpc) is 2.60. The number of aromatic nitrogens is 4. The van der Waals surface area contributed by atoms with Gasteiger partial charge in [-0.05, 0) is 18.6 Å². The van der Waals surface area contributed by atoms with Crippen molar-refractivity contribution >= 4 is 17.5 Å². The van der Waals surface area contributed by atoms with Gasteiger partial charge in [-0.25, -0.2) is 0 Å². The molecule has 2 aromatic rings. The van der Waals surface area contributed by atoms with E-state index in [0.29, 0.717) is 11.3 Å². The Hall–Kier alpha value is -2.18. The number of fused-ring (bicyclic) bond motifs is 1. The Morgan fingerprint density at radius 2 is 2.12 bits per heavy atom. The monoisotopic (exact) mass is 220 g/mol. The van der Waals surface area contributed by atoms with Crippen LogP contribution in [-0.2, 0) is 0 Å². The minimum atomic E-state index is -0.182. The van der Waals surface area contributed by atoms with Crippen LogP contribution in [0.4, 0.5) is 5.95 Å². The van der Waals surface area contributed by atoms with Crippen LogP contribution in [0.3, 0.4) is 0 Å². The maximum atomic E-state index is 11.7. The van der Waals surface area contributed by atoms with Gasteiger partial charge in [0, 0.05) is 14.1 Å². The number of hydrogen-bond acceptors (Lipinski definition) is 5.